The molecule has 2 N–H and O–H groups in total. The average Bonchev–Trinajstić information content (AvgIpc) is 2.60. The van der Waals surface area contributed by atoms with Crippen molar-refractivity contribution in [3.05, 3.63) is 29.8 Å². The molecule has 1 aliphatic rings. The molecule has 1 aliphatic heterocycles. The normalized spacial score (nSPS) is 24.9. The zero-order valence-corrected chi connectivity index (χ0v) is 11.4. The van der Waals surface area contributed by atoms with Crippen molar-refractivity contribution in [1.82, 2.24) is 5.32 Å². The number of anilines is 1. The molecule has 0 radical (unpaired) electrons. The molecule has 1 aromatic carbocycles. The summed E-state index contributed by atoms with van der Waals surface area (Å²) >= 11 is 0. The van der Waals surface area contributed by atoms with Crippen LogP contribution in [0.5, 0.6) is 0 Å². The Balaban J connectivity index is 2.27. The van der Waals surface area contributed by atoms with Crippen LogP contribution in [0.2, 0.25) is 0 Å². The molecule has 0 bridgehead atoms. The maximum absolute atomic E-state index is 9.40. The van der Waals surface area contributed by atoms with Gasteiger partial charge in [0.25, 0.3) is 0 Å². The van der Waals surface area contributed by atoms with Crippen molar-refractivity contribution in [2.75, 3.05) is 24.6 Å². The Labute approximate surface area is 110 Å². The van der Waals surface area contributed by atoms with E-state index in [9.17, 15) is 5.11 Å². The van der Waals surface area contributed by atoms with E-state index in [-0.39, 0.29) is 12.6 Å². The predicted molar refractivity (Wildman–Crippen MR) is 76.1 cm³/mol. The van der Waals surface area contributed by atoms with Crippen LogP contribution in [0.15, 0.2) is 24.3 Å². The number of aliphatic hydroxyl groups is 1. The zero-order chi connectivity index (χ0) is 13.0. The minimum Gasteiger partial charge on any atom is -0.395 e. The molecule has 3 nitrogen and oxygen atoms in total. The van der Waals surface area contributed by atoms with E-state index >= 15 is 0 Å². The van der Waals surface area contributed by atoms with Crippen molar-refractivity contribution >= 4 is 5.69 Å². The van der Waals surface area contributed by atoms with Gasteiger partial charge in [0.1, 0.15) is 0 Å². The molecule has 1 saturated heterocycles. The molecule has 18 heavy (non-hydrogen) atoms. The molecular weight excluding hydrogens is 224 g/mol. The Hall–Kier alpha value is -1.06. The van der Waals surface area contributed by atoms with Crippen LogP contribution in [0.3, 0.4) is 0 Å². The highest BCUT2D eigenvalue weighted by Crippen LogP contribution is 2.25. The second-order valence-electron chi connectivity index (χ2n) is 5.11. The van der Waals surface area contributed by atoms with Gasteiger partial charge in [-0.25, -0.2) is 0 Å². The number of para-hydroxylation sites is 1. The van der Waals surface area contributed by atoms with Gasteiger partial charge in [0.05, 0.1) is 6.61 Å². The van der Waals surface area contributed by atoms with Crippen molar-refractivity contribution in [3.8, 4) is 0 Å². The van der Waals surface area contributed by atoms with Gasteiger partial charge in [-0.2, -0.15) is 0 Å². The molecule has 2 rings (SSSR count). The summed E-state index contributed by atoms with van der Waals surface area (Å²) in [6, 6.07) is 9.31. The summed E-state index contributed by atoms with van der Waals surface area (Å²) in [5.74, 6) is 0. The predicted octanol–water partition coefficient (Wildman–Crippen LogP) is 1.80. The third-order valence-electron chi connectivity index (χ3n) is 3.85. The zero-order valence-electron chi connectivity index (χ0n) is 11.4. The molecule has 0 aromatic heterocycles. The molecule has 0 spiro atoms. The monoisotopic (exact) mass is 248 g/mol. The van der Waals surface area contributed by atoms with Gasteiger partial charge < -0.3 is 15.3 Å². The van der Waals surface area contributed by atoms with Crippen molar-refractivity contribution in [2.24, 2.45) is 0 Å². The summed E-state index contributed by atoms with van der Waals surface area (Å²) in [6.45, 7) is 6.54. The number of benzene rings is 1. The van der Waals surface area contributed by atoms with E-state index in [2.05, 4.69) is 48.3 Å². The van der Waals surface area contributed by atoms with E-state index in [1.807, 2.05) is 0 Å². The fraction of sp³-hybridized carbons (Fsp3) is 0.600. The van der Waals surface area contributed by atoms with Gasteiger partial charge in [0.15, 0.2) is 0 Å². The first kappa shape index (κ1) is 13.4. The van der Waals surface area contributed by atoms with Crippen molar-refractivity contribution in [2.45, 2.75) is 38.8 Å². The van der Waals surface area contributed by atoms with Crippen LogP contribution in [0, 0.1) is 0 Å². The molecule has 2 atom stereocenters. The Morgan fingerprint density at radius 2 is 2.17 bits per heavy atom. The van der Waals surface area contributed by atoms with Crippen molar-refractivity contribution < 1.29 is 5.11 Å². The SMILES string of the molecule is CCc1ccccc1N1CC(CO)NCCC1C. The molecule has 0 saturated carbocycles. The quantitative estimate of drug-likeness (QED) is 0.856. The molecule has 3 heteroatoms. The highest BCUT2D eigenvalue weighted by Gasteiger charge is 2.23. The molecular formula is C15H24N2O. The Morgan fingerprint density at radius 3 is 2.89 bits per heavy atom. The van der Waals surface area contributed by atoms with Gasteiger partial charge in [-0.3, -0.25) is 0 Å². The highest BCUT2D eigenvalue weighted by atomic mass is 16.3. The number of rotatable bonds is 3. The Morgan fingerprint density at radius 1 is 1.39 bits per heavy atom. The Kier molecular flexibility index (Phi) is 4.61. The summed E-state index contributed by atoms with van der Waals surface area (Å²) in [4.78, 5) is 2.44. The summed E-state index contributed by atoms with van der Waals surface area (Å²) in [5.41, 5.74) is 2.72. The second-order valence-corrected chi connectivity index (χ2v) is 5.11. The van der Waals surface area contributed by atoms with E-state index in [1.54, 1.807) is 0 Å². The van der Waals surface area contributed by atoms with Gasteiger partial charge in [-0.15, -0.1) is 0 Å². The van der Waals surface area contributed by atoms with Crippen LogP contribution >= 0.6 is 0 Å². The third kappa shape index (κ3) is 2.85. The fourth-order valence-electron chi connectivity index (χ4n) is 2.68. The lowest BCUT2D eigenvalue weighted by Crippen LogP contribution is -2.42. The summed E-state index contributed by atoms with van der Waals surface area (Å²) in [7, 11) is 0. The standard InChI is InChI=1S/C15H24N2O/c1-3-13-6-4-5-7-15(13)17-10-14(11-18)16-9-8-12(17)2/h4-7,12,14,16,18H,3,8-11H2,1-2H3. The van der Waals surface area contributed by atoms with Crippen LogP contribution in [0.4, 0.5) is 5.69 Å². The lowest BCUT2D eigenvalue weighted by Gasteiger charge is -2.32. The van der Waals surface area contributed by atoms with Crippen LogP contribution < -0.4 is 10.2 Å². The Bertz CT molecular complexity index is 381. The van der Waals surface area contributed by atoms with E-state index in [4.69, 9.17) is 0 Å². The van der Waals surface area contributed by atoms with Gasteiger partial charge in [0.2, 0.25) is 0 Å². The average molecular weight is 248 g/mol. The molecule has 100 valence electrons. The molecule has 1 heterocycles. The number of nitrogens with one attached hydrogen (secondary N) is 1. The number of aliphatic hydroxyl groups excluding tert-OH is 1. The third-order valence-corrected chi connectivity index (χ3v) is 3.85. The maximum atomic E-state index is 9.40. The number of nitrogens with zero attached hydrogens (tertiary/aromatic N) is 1. The van der Waals surface area contributed by atoms with E-state index in [1.165, 1.54) is 11.3 Å². The summed E-state index contributed by atoms with van der Waals surface area (Å²) in [6.07, 6.45) is 2.17. The van der Waals surface area contributed by atoms with Crippen LogP contribution in [0.25, 0.3) is 0 Å². The van der Waals surface area contributed by atoms with Crippen LogP contribution in [-0.2, 0) is 6.42 Å². The first-order valence-electron chi connectivity index (χ1n) is 6.95. The summed E-state index contributed by atoms with van der Waals surface area (Å²) < 4.78 is 0. The molecule has 2 unspecified atom stereocenters. The molecule has 0 amide bonds. The van der Waals surface area contributed by atoms with Gasteiger partial charge in [-0.05, 0) is 37.9 Å². The van der Waals surface area contributed by atoms with Crippen molar-refractivity contribution in [1.29, 1.82) is 0 Å². The van der Waals surface area contributed by atoms with E-state index in [0.29, 0.717) is 6.04 Å². The summed E-state index contributed by atoms with van der Waals surface area (Å²) in [5, 5.41) is 12.8. The fourth-order valence-corrected chi connectivity index (χ4v) is 2.68. The second kappa shape index (κ2) is 6.21. The highest BCUT2D eigenvalue weighted by molar-refractivity contribution is 5.54. The first-order chi connectivity index (χ1) is 8.76. The smallest absolute Gasteiger partial charge is 0.0601 e. The molecule has 0 aliphatic carbocycles. The van der Waals surface area contributed by atoms with Gasteiger partial charge >= 0.3 is 0 Å². The molecule has 1 fully saturated rings. The number of hydrogen-bond acceptors (Lipinski definition) is 3. The van der Waals surface area contributed by atoms with Crippen LogP contribution in [-0.4, -0.2) is 36.9 Å². The lowest BCUT2D eigenvalue weighted by atomic mass is 10.1. The lowest BCUT2D eigenvalue weighted by molar-refractivity contribution is 0.248. The van der Waals surface area contributed by atoms with Gasteiger partial charge in [0, 0.05) is 24.3 Å². The minimum atomic E-state index is 0.180. The number of aryl methyl sites for hydroxylation is 1. The first-order valence-corrected chi connectivity index (χ1v) is 6.95. The maximum Gasteiger partial charge on any atom is 0.0601 e. The van der Waals surface area contributed by atoms with Gasteiger partial charge in [-0.1, -0.05) is 25.1 Å². The van der Waals surface area contributed by atoms with E-state index in [0.717, 1.165) is 25.9 Å². The molecule has 1 aromatic rings. The van der Waals surface area contributed by atoms with E-state index < -0.39 is 0 Å². The topological polar surface area (TPSA) is 35.5 Å². The van der Waals surface area contributed by atoms with Crippen molar-refractivity contribution in [3.63, 3.8) is 0 Å². The van der Waals surface area contributed by atoms with Crippen LogP contribution in [0.1, 0.15) is 25.8 Å². The minimum absolute atomic E-state index is 0.180. The number of hydrogen-bond donors (Lipinski definition) is 2. The largest absolute Gasteiger partial charge is 0.395 e.